The van der Waals surface area contributed by atoms with Crippen molar-refractivity contribution in [2.24, 2.45) is 5.41 Å². The van der Waals surface area contributed by atoms with Crippen molar-refractivity contribution in [2.45, 2.75) is 78.1 Å². The molecule has 0 aromatic heterocycles. The molecule has 196 valence electrons. The third-order valence-electron chi connectivity index (χ3n) is 7.59. The predicted octanol–water partition coefficient (Wildman–Crippen LogP) is 7.03. The van der Waals surface area contributed by atoms with Crippen molar-refractivity contribution < 1.29 is 27.9 Å². The summed E-state index contributed by atoms with van der Waals surface area (Å²) in [7, 11) is 0.444. The van der Waals surface area contributed by atoms with Crippen molar-refractivity contribution in [1.29, 1.82) is 0 Å². The highest BCUT2D eigenvalue weighted by Gasteiger charge is 2.44. The fourth-order valence-corrected chi connectivity index (χ4v) is 6.04. The molecule has 36 heavy (non-hydrogen) atoms. The molecule has 0 aliphatic heterocycles. The number of carbonyl (C=O) groups is 2. The summed E-state index contributed by atoms with van der Waals surface area (Å²) in [4.78, 5) is 25.6. The summed E-state index contributed by atoms with van der Waals surface area (Å²) >= 11 is 0. The number of ether oxygens (including phenoxy) is 2. The first-order valence-corrected chi connectivity index (χ1v) is 15.3. The van der Waals surface area contributed by atoms with Crippen LogP contribution in [0.2, 0.25) is 18.1 Å². The van der Waals surface area contributed by atoms with Crippen LogP contribution in [0.25, 0.3) is 11.1 Å². The number of rotatable bonds is 6. The number of methoxy groups -OCH3 is 2. The molecule has 0 bridgehead atoms. The van der Waals surface area contributed by atoms with Crippen LogP contribution >= 0.6 is 0 Å². The van der Waals surface area contributed by atoms with E-state index in [1.165, 1.54) is 26.4 Å². The number of fused-ring (bicyclic) bond motifs is 1. The van der Waals surface area contributed by atoms with E-state index in [4.69, 9.17) is 13.9 Å². The molecule has 1 aliphatic carbocycles. The maximum atomic E-state index is 13.9. The van der Waals surface area contributed by atoms with Crippen LogP contribution in [0.4, 0.5) is 4.39 Å². The van der Waals surface area contributed by atoms with Gasteiger partial charge in [-0.25, -0.2) is 9.18 Å². The van der Waals surface area contributed by atoms with Gasteiger partial charge in [0, 0.05) is 5.56 Å². The van der Waals surface area contributed by atoms with E-state index in [0.717, 1.165) is 24.0 Å². The minimum absolute atomic E-state index is 0.0131. The molecule has 3 rings (SSSR count). The summed E-state index contributed by atoms with van der Waals surface area (Å²) in [6.07, 6.45) is 1.19. The molecule has 1 aliphatic rings. The second-order valence-electron chi connectivity index (χ2n) is 12.0. The summed E-state index contributed by atoms with van der Waals surface area (Å²) < 4.78 is 31.1. The Bertz CT molecular complexity index is 1150. The summed E-state index contributed by atoms with van der Waals surface area (Å²) in [5.74, 6) is -1.37. The number of hydrogen-bond acceptors (Lipinski definition) is 5. The Labute approximate surface area is 215 Å². The van der Waals surface area contributed by atoms with Gasteiger partial charge in [-0.1, -0.05) is 52.8 Å². The fraction of sp³-hybridized carbons (Fsp3) is 0.517. The normalized spacial score (nSPS) is 17.3. The van der Waals surface area contributed by atoms with Gasteiger partial charge in [-0.15, -0.1) is 0 Å². The first-order chi connectivity index (χ1) is 16.6. The van der Waals surface area contributed by atoms with E-state index in [2.05, 4.69) is 47.7 Å². The summed E-state index contributed by atoms with van der Waals surface area (Å²) in [5.41, 5.74) is 4.07. The maximum absolute atomic E-state index is 13.9. The third kappa shape index (κ3) is 5.73. The molecule has 0 fully saturated rings. The van der Waals surface area contributed by atoms with Crippen LogP contribution in [0, 0.1) is 11.2 Å². The van der Waals surface area contributed by atoms with E-state index in [1.807, 2.05) is 6.07 Å². The Kier molecular flexibility index (Phi) is 7.87. The van der Waals surface area contributed by atoms with Crippen LogP contribution in [0.5, 0.6) is 0 Å². The molecule has 1 atom stereocenters. The van der Waals surface area contributed by atoms with Gasteiger partial charge < -0.3 is 13.9 Å². The molecule has 0 N–H and O–H groups in total. The Hall–Kier alpha value is -2.51. The SMILES string of the molecule is COC(=O)Cc1cc2c(c(-c3ccc(F)cc3)c1C(=O)OC)C(O[Si](C)(C)C(C)(C)C)CC(C)(C)C2. The highest BCUT2D eigenvalue weighted by atomic mass is 28.4. The number of benzene rings is 2. The first kappa shape index (κ1) is 28.1. The summed E-state index contributed by atoms with van der Waals surface area (Å²) in [6, 6.07) is 8.04. The molecule has 0 amide bonds. The average Bonchev–Trinajstić information content (AvgIpc) is 2.76. The van der Waals surface area contributed by atoms with Gasteiger partial charge in [-0.2, -0.15) is 0 Å². The zero-order valence-corrected chi connectivity index (χ0v) is 24.0. The van der Waals surface area contributed by atoms with Crippen LogP contribution in [0.1, 0.15) is 74.2 Å². The van der Waals surface area contributed by atoms with Gasteiger partial charge in [0.2, 0.25) is 0 Å². The Morgan fingerprint density at radius 1 is 1.08 bits per heavy atom. The zero-order chi connectivity index (χ0) is 27.1. The lowest BCUT2D eigenvalue weighted by molar-refractivity contribution is -0.139. The lowest BCUT2D eigenvalue weighted by Crippen LogP contribution is -2.43. The van der Waals surface area contributed by atoms with Gasteiger partial charge in [0.15, 0.2) is 8.32 Å². The highest BCUT2D eigenvalue weighted by molar-refractivity contribution is 6.74. The van der Waals surface area contributed by atoms with Gasteiger partial charge >= 0.3 is 11.9 Å². The van der Waals surface area contributed by atoms with E-state index in [9.17, 15) is 14.0 Å². The van der Waals surface area contributed by atoms with E-state index < -0.39 is 20.3 Å². The summed E-state index contributed by atoms with van der Waals surface area (Å²) in [6.45, 7) is 15.5. The van der Waals surface area contributed by atoms with Crippen LogP contribution in [-0.2, 0) is 31.5 Å². The molecule has 2 aromatic carbocycles. The topological polar surface area (TPSA) is 61.8 Å². The minimum atomic E-state index is -2.20. The first-order valence-electron chi connectivity index (χ1n) is 12.4. The quantitative estimate of drug-likeness (QED) is 0.306. The second kappa shape index (κ2) is 10.1. The van der Waals surface area contributed by atoms with Crippen LogP contribution < -0.4 is 0 Å². The largest absolute Gasteiger partial charge is 0.469 e. The van der Waals surface area contributed by atoms with Crippen molar-refractivity contribution in [1.82, 2.24) is 0 Å². The molecule has 7 heteroatoms. The van der Waals surface area contributed by atoms with Gasteiger partial charge in [0.1, 0.15) is 5.82 Å². The van der Waals surface area contributed by atoms with Crippen LogP contribution in [0.15, 0.2) is 30.3 Å². The second-order valence-corrected chi connectivity index (χ2v) is 16.8. The Morgan fingerprint density at radius 2 is 1.69 bits per heavy atom. The van der Waals surface area contributed by atoms with Crippen molar-refractivity contribution >= 4 is 20.3 Å². The van der Waals surface area contributed by atoms with Crippen molar-refractivity contribution in [3.63, 3.8) is 0 Å². The van der Waals surface area contributed by atoms with Crippen molar-refractivity contribution in [2.75, 3.05) is 14.2 Å². The Balaban J connectivity index is 2.41. The van der Waals surface area contributed by atoms with E-state index in [0.29, 0.717) is 22.3 Å². The van der Waals surface area contributed by atoms with Crippen LogP contribution in [0.3, 0.4) is 0 Å². The van der Waals surface area contributed by atoms with Crippen LogP contribution in [-0.4, -0.2) is 34.5 Å². The monoisotopic (exact) mass is 514 g/mol. The number of esters is 2. The molecule has 0 saturated carbocycles. The molecule has 2 aromatic rings. The standard InChI is InChI=1S/C29H39FO5Si/c1-28(2,3)36(8,9)35-22-17-29(4,5)16-20-14-19(15-23(31)33-6)26(27(32)34-7)25(24(20)22)18-10-12-21(30)13-11-18/h10-14,22H,15-17H2,1-9H3. The van der Waals surface area contributed by atoms with Crippen molar-refractivity contribution in [3.8, 4) is 11.1 Å². The third-order valence-corrected chi connectivity index (χ3v) is 12.1. The van der Waals surface area contributed by atoms with Gasteiger partial charge in [-0.3, -0.25) is 4.79 Å². The maximum Gasteiger partial charge on any atom is 0.338 e. The summed E-state index contributed by atoms with van der Waals surface area (Å²) in [5, 5.41) is -0.0131. The smallest absolute Gasteiger partial charge is 0.338 e. The lowest BCUT2D eigenvalue weighted by atomic mass is 9.69. The van der Waals surface area contributed by atoms with E-state index in [1.54, 1.807) is 12.1 Å². The van der Waals surface area contributed by atoms with Gasteiger partial charge in [0.05, 0.1) is 32.3 Å². The molecular weight excluding hydrogens is 475 g/mol. The molecule has 5 nitrogen and oxygen atoms in total. The molecule has 1 unspecified atom stereocenters. The molecule has 0 saturated heterocycles. The number of carbonyl (C=O) groups excluding carboxylic acids is 2. The zero-order valence-electron chi connectivity index (χ0n) is 23.0. The Morgan fingerprint density at radius 3 is 2.22 bits per heavy atom. The molecule has 0 spiro atoms. The number of halogens is 1. The molecular formula is C29H39FO5Si. The predicted molar refractivity (Wildman–Crippen MR) is 142 cm³/mol. The highest BCUT2D eigenvalue weighted by Crippen LogP contribution is 2.51. The number of hydrogen-bond donors (Lipinski definition) is 0. The lowest BCUT2D eigenvalue weighted by Gasteiger charge is -2.45. The fourth-order valence-electron chi connectivity index (χ4n) is 4.77. The minimum Gasteiger partial charge on any atom is -0.469 e. The average molecular weight is 515 g/mol. The van der Waals surface area contributed by atoms with E-state index in [-0.39, 0.29) is 28.8 Å². The molecule has 0 radical (unpaired) electrons. The van der Waals surface area contributed by atoms with E-state index >= 15 is 0 Å². The van der Waals surface area contributed by atoms with Gasteiger partial charge in [-0.05, 0) is 70.8 Å². The molecule has 0 heterocycles. The van der Waals surface area contributed by atoms with Gasteiger partial charge in [0.25, 0.3) is 0 Å². The van der Waals surface area contributed by atoms with Crippen molar-refractivity contribution in [3.05, 3.63) is 58.4 Å².